The van der Waals surface area contributed by atoms with Crippen molar-refractivity contribution >= 4 is 5.91 Å². The van der Waals surface area contributed by atoms with Crippen LogP contribution in [-0.4, -0.2) is 37.0 Å². The fourth-order valence-corrected chi connectivity index (χ4v) is 2.39. The SMILES string of the molecule is CNCC1CCCN1C(=O)c1cc(F)cc(F)c1. The molecule has 1 atom stereocenters. The molecule has 1 aromatic carbocycles. The number of benzene rings is 1. The van der Waals surface area contributed by atoms with Crippen molar-refractivity contribution in [3.63, 3.8) is 0 Å². The van der Waals surface area contributed by atoms with Gasteiger partial charge in [0.2, 0.25) is 0 Å². The molecule has 3 nitrogen and oxygen atoms in total. The Morgan fingerprint density at radius 2 is 2.06 bits per heavy atom. The number of likely N-dealkylation sites (tertiary alicyclic amines) is 1. The van der Waals surface area contributed by atoms with Crippen LogP contribution in [0, 0.1) is 11.6 Å². The smallest absolute Gasteiger partial charge is 0.254 e. The molecule has 0 spiro atoms. The van der Waals surface area contributed by atoms with Gasteiger partial charge in [0.25, 0.3) is 5.91 Å². The Balaban J connectivity index is 2.19. The molecule has 0 radical (unpaired) electrons. The number of carbonyl (C=O) groups excluding carboxylic acids is 1. The summed E-state index contributed by atoms with van der Waals surface area (Å²) in [4.78, 5) is 13.9. The number of nitrogens with one attached hydrogen (secondary N) is 1. The standard InChI is InChI=1S/C13H16F2N2O/c1-16-8-12-3-2-4-17(12)13(18)9-5-10(14)7-11(15)6-9/h5-7,12,16H,2-4,8H2,1H3. The van der Waals surface area contributed by atoms with E-state index in [1.165, 1.54) is 0 Å². The van der Waals surface area contributed by atoms with Crippen LogP contribution in [0.3, 0.4) is 0 Å². The lowest BCUT2D eigenvalue weighted by molar-refractivity contribution is 0.0736. The molecule has 1 saturated heterocycles. The highest BCUT2D eigenvalue weighted by atomic mass is 19.1. The van der Waals surface area contributed by atoms with Crippen molar-refractivity contribution in [1.82, 2.24) is 10.2 Å². The lowest BCUT2D eigenvalue weighted by atomic mass is 10.1. The lowest BCUT2D eigenvalue weighted by Gasteiger charge is -2.24. The molecule has 1 amide bonds. The highest BCUT2D eigenvalue weighted by molar-refractivity contribution is 5.94. The van der Waals surface area contributed by atoms with Crippen molar-refractivity contribution in [1.29, 1.82) is 0 Å². The number of halogens is 2. The third-order valence-corrected chi connectivity index (χ3v) is 3.19. The molecule has 0 bridgehead atoms. The van der Waals surface area contributed by atoms with Crippen LogP contribution in [0.15, 0.2) is 18.2 Å². The Morgan fingerprint density at radius 1 is 1.39 bits per heavy atom. The zero-order valence-corrected chi connectivity index (χ0v) is 10.2. The topological polar surface area (TPSA) is 32.3 Å². The fraction of sp³-hybridized carbons (Fsp3) is 0.462. The van der Waals surface area contributed by atoms with Gasteiger partial charge in [-0.2, -0.15) is 0 Å². The van der Waals surface area contributed by atoms with Crippen LogP contribution in [-0.2, 0) is 0 Å². The van der Waals surface area contributed by atoms with Gasteiger partial charge in [0.05, 0.1) is 0 Å². The molecule has 1 unspecified atom stereocenters. The van der Waals surface area contributed by atoms with Gasteiger partial charge in [-0.3, -0.25) is 4.79 Å². The average Bonchev–Trinajstić information content (AvgIpc) is 2.75. The predicted molar refractivity (Wildman–Crippen MR) is 64.3 cm³/mol. The summed E-state index contributed by atoms with van der Waals surface area (Å²) in [5.41, 5.74) is 0.0792. The summed E-state index contributed by atoms with van der Waals surface area (Å²) < 4.78 is 26.2. The van der Waals surface area contributed by atoms with Gasteiger partial charge in [-0.25, -0.2) is 8.78 Å². The van der Waals surface area contributed by atoms with E-state index >= 15 is 0 Å². The van der Waals surface area contributed by atoms with Crippen molar-refractivity contribution in [3.05, 3.63) is 35.4 Å². The highest BCUT2D eigenvalue weighted by Gasteiger charge is 2.29. The summed E-state index contributed by atoms with van der Waals surface area (Å²) >= 11 is 0. The second-order valence-electron chi connectivity index (χ2n) is 4.51. The molecule has 1 aliphatic rings. The van der Waals surface area contributed by atoms with Crippen molar-refractivity contribution in [2.45, 2.75) is 18.9 Å². The average molecular weight is 254 g/mol. The number of hydrogen-bond donors (Lipinski definition) is 1. The minimum atomic E-state index is -0.720. The number of carbonyl (C=O) groups is 1. The first-order valence-electron chi connectivity index (χ1n) is 6.03. The van der Waals surface area contributed by atoms with E-state index < -0.39 is 11.6 Å². The summed E-state index contributed by atoms with van der Waals surface area (Å²) in [5.74, 6) is -1.74. The van der Waals surface area contributed by atoms with E-state index in [2.05, 4.69) is 5.32 Å². The molecule has 18 heavy (non-hydrogen) atoms. The van der Waals surface area contributed by atoms with Crippen molar-refractivity contribution in [2.24, 2.45) is 0 Å². The van der Waals surface area contributed by atoms with Crippen LogP contribution < -0.4 is 5.32 Å². The van der Waals surface area contributed by atoms with E-state index in [1.807, 2.05) is 7.05 Å². The Bertz CT molecular complexity index is 430. The molecule has 0 saturated carbocycles. The van der Waals surface area contributed by atoms with Crippen LogP contribution >= 0.6 is 0 Å². The van der Waals surface area contributed by atoms with E-state index in [9.17, 15) is 13.6 Å². The number of likely N-dealkylation sites (N-methyl/N-ethyl adjacent to an activating group) is 1. The highest BCUT2D eigenvalue weighted by Crippen LogP contribution is 2.20. The van der Waals surface area contributed by atoms with Gasteiger partial charge < -0.3 is 10.2 Å². The van der Waals surface area contributed by atoms with Crippen LogP contribution in [0.2, 0.25) is 0 Å². The Labute approximate surface area is 105 Å². The van der Waals surface area contributed by atoms with E-state index in [0.29, 0.717) is 13.1 Å². The third-order valence-electron chi connectivity index (χ3n) is 3.19. The number of amides is 1. The van der Waals surface area contributed by atoms with Crippen LogP contribution in [0.25, 0.3) is 0 Å². The zero-order valence-electron chi connectivity index (χ0n) is 10.2. The first-order chi connectivity index (χ1) is 8.61. The van der Waals surface area contributed by atoms with E-state index in [0.717, 1.165) is 31.0 Å². The molecule has 1 fully saturated rings. The first-order valence-corrected chi connectivity index (χ1v) is 6.03. The number of nitrogens with zero attached hydrogens (tertiary/aromatic N) is 1. The van der Waals surface area contributed by atoms with Gasteiger partial charge in [-0.05, 0) is 32.0 Å². The van der Waals surface area contributed by atoms with Crippen molar-refractivity contribution in [3.8, 4) is 0 Å². The van der Waals surface area contributed by atoms with Gasteiger partial charge >= 0.3 is 0 Å². The van der Waals surface area contributed by atoms with Crippen molar-refractivity contribution in [2.75, 3.05) is 20.1 Å². The molecular weight excluding hydrogens is 238 g/mol. The predicted octanol–water partition coefficient (Wildman–Crippen LogP) is 1.79. The molecule has 1 N–H and O–H groups in total. The first kappa shape index (κ1) is 13.0. The molecule has 1 aromatic rings. The molecule has 0 aromatic heterocycles. The normalized spacial score (nSPS) is 19.3. The quantitative estimate of drug-likeness (QED) is 0.892. The summed E-state index contributed by atoms with van der Waals surface area (Å²) in [6.07, 6.45) is 1.85. The molecule has 1 aliphatic heterocycles. The van der Waals surface area contributed by atoms with Crippen LogP contribution in [0.4, 0.5) is 8.78 Å². The minimum absolute atomic E-state index is 0.0792. The third kappa shape index (κ3) is 2.67. The van der Waals surface area contributed by atoms with Crippen LogP contribution in [0.1, 0.15) is 23.2 Å². The molecule has 5 heteroatoms. The zero-order chi connectivity index (χ0) is 13.1. The van der Waals surface area contributed by atoms with Gasteiger partial charge in [0.15, 0.2) is 0 Å². The van der Waals surface area contributed by atoms with Gasteiger partial charge in [0.1, 0.15) is 11.6 Å². The second kappa shape index (κ2) is 5.44. The van der Waals surface area contributed by atoms with E-state index in [4.69, 9.17) is 0 Å². The fourth-order valence-electron chi connectivity index (χ4n) is 2.39. The maximum Gasteiger partial charge on any atom is 0.254 e. The Kier molecular flexibility index (Phi) is 3.91. The molecular formula is C13H16F2N2O. The van der Waals surface area contributed by atoms with Gasteiger partial charge in [-0.1, -0.05) is 0 Å². The maximum atomic E-state index is 13.1. The molecule has 2 rings (SSSR count). The van der Waals surface area contributed by atoms with E-state index in [-0.39, 0.29) is 17.5 Å². The lowest BCUT2D eigenvalue weighted by Crippen LogP contribution is -2.40. The maximum absolute atomic E-state index is 13.1. The summed E-state index contributed by atoms with van der Waals surface area (Å²) in [6, 6.07) is 3.04. The van der Waals surface area contributed by atoms with Crippen LogP contribution in [0.5, 0.6) is 0 Å². The van der Waals surface area contributed by atoms with E-state index in [1.54, 1.807) is 4.90 Å². The second-order valence-corrected chi connectivity index (χ2v) is 4.51. The monoisotopic (exact) mass is 254 g/mol. The molecule has 1 heterocycles. The summed E-state index contributed by atoms with van der Waals surface area (Å²) in [7, 11) is 1.82. The van der Waals surface area contributed by atoms with Gasteiger partial charge in [0, 0.05) is 30.8 Å². The minimum Gasteiger partial charge on any atom is -0.334 e. The molecule has 0 aliphatic carbocycles. The van der Waals surface area contributed by atoms with Crippen molar-refractivity contribution < 1.29 is 13.6 Å². The largest absolute Gasteiger partial charge is 0.334 e. The molecule has 98 valence electrons. The Hall–Kier alpha value is -1.49. The van der Waals surface area contributed by atoms with Gasteiger partial charge in [-0.15, -0.1) is 0 Å². The Morgan fingerprint density at radius 3 is 2.67 bits per heavy atom. The summed E-state index contributed by atoms with van der Waals surface area (Å²) in [6.45, 7) is 1.34. The summed E-state index contributed by atoms with van der Waals surface area (Å²) in [5, 5.41) is 3.03. The number of rotatable bonds is 3. The number of hydrogen-bond acceptors (Lipinski definition) is 2.